The summed E-state index contributed by atoms with van der Waals surface area (Å²) in [7, 11) is -3.08. The number of nitrogens with one attached hydrogen (secondary N) is 1. The van der Waals surface area contributed by atoms with Crippen LogP contribution in [0.3, 0.4) is 0 Å². The van der Waals surface area contributed by atoms with Crippen molar-refractivity contribution in [3.05, 3.63) is 0 Å². The van der Waals surface area contributed by atoms with Gasteiger partial charge < -0.3 is 5.32 Å². The number of sulfonamides is 1. The van der Waals surface area contributed by atoms with Gasteiger partial charge in [0.1, 0.15) is 0 Å². The third-order valence-corrected chi connectivity index (χ3v) is 6.87. The summed E-state index contributed by atoms with van der Waals surface area (Å²) in [4.78, 5) is 0. The summed E-state index contributed by atoms with van der Waals surface area (Å²) >= 11 is 0. The predicted octanol–water partition coefficient (Wildman–Crippen LogP) is 2.22. The van der Waals surface area contributed by atoms with Crippen LogP contribution >= 0.6 is 0 Å². The highest BCUT2D eigenvalue weighted by Gasteiger charge is 2.34. The molecule has 20 heavy (non-hydrogen) atoms. The first-order valence-electron chi connectivity index (χ1n) is 8.00. The molecule has 5 heteroatoms. The van der Waals surface area contributed by atoms with Crippen LogP contribution in [-0.4, -0.2) is 44.2 Å². The van der Waals surface area contributed by atoms with Crippen molar-refractivity contribution in [3.8, 4) is 0 Å². The van der Waals surface area contributed by atoms with Gasteiger partial charge in [0, 0.05) is 19.1 Å². The molecule has 0 aromatic rings. The van der Waals surface area contributed by atoms with E-state index >= 15 is 0 Å². The second-order valence-electron chi connectivity index (χ2n) is 7.46. The van der Waals surface area contributed by atoms with E-state index < -0.39 is 10.0 Å². The molecule has 0 spiro atoms. The Bertz CT molecular complexity index is 400. The smallest absolute Gasteiger partial charge is 0.215 e. The summed E-state index contributed by atoms with van der Waals surface area (Å²) in [6, 6.07) is 0.161. The molecule has 2 rings (SSSR count). The van der Waals surface area contributed by atoms with Crippen LogP contribution in [0.15, 0.2) is 0 Å². The van der Waals surface area contributed by atoms with Crippen molar-refractivity contribution in [3.63, 3.8) is 0 Å². The maximum atomic E-state index is 12.5. The van der Waals surface area contributed by atoms with Crippen LogP contribution < -0.4 is 5.32 Å². The Balaban J connectivity index is 1.88. The van der Waals surface area contributed by atoms with Crippen LogP contribution in [0.2, 0.25) is 0 Å². The molecule has 0 bridgehead atoms. The predicted molar refractivity (Wildman–Crippen MR) is 83.2 cm³/mol. The van der Waals surface area contributed by atoms with Gasteiger partial charge in [-0.1, -0.05) is 27.2 Å². The molecule has 2 saturated heterocycles. The number of piperidine rings is 2. The lowest BCUT2D eigenvalue weighted by Crippen LogP contribution is -2.47. The second kappa shape index (κ2) is 6.32. The fourth-order valence-electron chi connectivity index (χ4n) is 3.43. The van der Waals surface area contributed by atoms with Gasteiger partial charge in [0.2, 0.25) is 10.0 Å². The van der Waals surface area contributed by atoms with Crippen LogP contribution in [0.4, 0.5) is 0 Å². The maximum Gasteiger partial charge on any atom is 0.215 e. The van der Waals surface area contributed by atoms with Gasteiger partial charge in [-0.25, -0.2) is 12.7 Å². The quantitative estimate of drug-likeness (QED) is 0.869. The monoisotopic (exact) mass is 302 g/mol. The SMILES string of the molecule is CC(C)(C)C1CCN(S(=O)(=O)CC2CCCCN2)CC1. The molecular weight excluding hydrogens is 272 g/mol. The zero-order valence-electron chi connectivity index (χ0n) is 13.2. The Hall–Kier alpha value is -0.130. The normalized spacial score (nSPS) is 27.6. The van der Waals surface area contributed by atoms with Crippen molar-refractivity contribution in [1.82, 2.24) is 9.62 Å². The van der Waals surface area contributed by atoms with Gasteiger partial charge in [-0.3, -0.25) is 0 Å². The van der Waals surface area contributed by atoms with Gasteiger partial charge in [0.05, 0.1) is 5.75 Å². The molecule has 2 aliphatic heterocycles. The van der Waals surface area contributed by atoms with E-state index in [1.807, 2.05) is 0 Å². The number of nitrogens with zero attached hydrogens (tertiary/aromatic N) is 1. The molecular formula is C15H30N2O2S. The molecule has 0 aliphatic carbocycles. The van der Waals surface area contributed by atoms with Gasteiger partial charge in [0.25, 0.3) is 0 Å². The highest BCUT2D eigenvalue weighted by molar-refractivity contribution is 7.89. The summed E-state index contributed by atoms with van der Waals surface area (Å²) in [5, 5.41) is 3.34. The Labute approximate surface area is 124 Å². The second-order valence-corrected chi connectivity index (χ2v) is 9.48. The molecule has 2 heterocycles. The van der Waals surface area contributed by atoms with Crippen molar-refractivity contribution < 1.29 is 8.42 Å². The van der Waals surface area contributed by atoms with Crippen molar-refractivity contribution in [2.24, 2.45) is 11.3 Å². The zero-order chi connectivity index (χ0) is 14.8. The highest BCUT2D eigenvalue weighted by atomic mass is 32.2. The first-order chi connectivity index (χ1) is 9.29. The molecule has 0 radical (unpaired) electrons. The molecule has 2 aliphatic rings. The third-order valence-electron chi connectivity index (χ3n) is 4.90. The fraction of sp³-hybridized carbons (Fsp3) is 1.00. The number of hydrogen-bond acceptors (Lipinski definition) is 3. The van der Waals surface area contributed by atoms with Gasteiger partial charge in [-0.15, -0.1) is 0 Å². The van der Waals surface area contributed by atoms with E-state index in [0.717, 1.165) is 32.2 Å². The maximum absolute atomic E-state index is 12.5. The molecule has 118 valence electrons. The highest BCUT2D eigenvalue weighted by Crippen LogP contribution is 2.35. The van der Waals surface area contributed by atoms with E-state index in [9.17, 15) is 8.42 Å². The fourth-order valence-corrected chi connectivity index (χ4v) is 5.20. The topological polar surface area (TPSA) is 49.4 Å². The van der Waals surface area contributed by atoms with Gasteiger partial charge in [0.15, 0.2) is 0 Å². The van der Waals surface area contributed by atoms with Gasteiger partial charge in [-0.05, 0) is 43.6 Å². The minimum absolute atomic E-state index is 0.161. The number of rotatable bonds is 3. The first kappa shape index (κ1) is 16.2. The molecule has 1 unspecified atom stereocenters. The van der Waals surface area contributed by atoms with Crippen molar-refractivity contribution in [1.29, 1.82) is 0 Å². The van der Waals surface area contributed by atoms with Crippen LogP contribution in [0.25, 0.3) is 0 Å². The van der Waals surface area contributed by atoms with Gasteiger partial charge in [-0.2, -0.15) is 0 Å². The Morgan fingerprint density at radius 2 is 1.75 bits per heavy atom. The molecule has 0 aromatic carbocycles. The Morgan fingerprint density at radius 3 is 2.25 bits per heavy atom. The molecule has 0 saturated carbocycles. The lowest BCUT2D eigenvalue weighted by Gasteiger charge is -2.38. The summed E-state index contributed by atoms with van der Waals surface area (Å²) < 4.78 is 26.7. The Kier molecular flexibility index (Phi) is 5.14. The number of hydrogen-bond donors (Lipinski definition) is 1. The average molecular weight is 302 g/mol. The molecule has 1 N–H and O–H groups in total. The lowest BCUT2D eigenvalue weighted by molar-refractivity contribution is 0.153. The van der Waals surface area contributed by atoms with E-state index in [-0.39, 0.29) is 11.8 Å². The Morgan fingerprint density at radius 1 is 1.10 bits per heavy atom. The molecule has 0 aromatic heterocycles. The van der Waals surface area contributed by atoms with E-state index in [2.05, 4.69) is 26.1 Å². The van der Waals surface area contributed by atoms with Crippen LogP contribution in [-0.2, 0) is 10.0 Å². The molecule has 0 amide bonds. The minimum atomic E-state index is -3.08. The van der Waals surface area contributed by atoms with Crippen molar-refractivity contribution >= 4 is 10.0 Å². The largest absolute Gasteiger partial charge is 0.313 e. The van der Waals surface area contributed by atoms with E-state index in [1.54, 1.807) is 4.31 Å². The van der Waals surface area contributed by atoms with Crippen molar-refractivity contribution in [2.75, 3.05) is 25.4 Å². The van der Waals surface area contributed by atoms with E-state index in [0.29, 0.717) is 24.4 Å². The average Bonchev–Trinajstić information content (AvgIpc) is 2.38. The summed E-state index contributed by atoms with van der Waals surface area (Å²) in [6.45, 7) is 9.15. The zero-order valence-corrected chi connectivity index (χ0v) is 14.0. The standard InChI is InChI=1S/C15H30N2O2S/c1-15(2,3)13-7-10-17(11-8-13)20(18,19)12-14-6-4-5-9-16-14/h13-14,16H,4-12H2,1-3H3. The van der Waals surface area contributed by atoms with Crippen LogP contribution in [0.1, 0.15) is 52.9 Å². The van der Waals surface area contributed by atoms with Crippen LogP contribution in [0.5, 0.6) is 0 Å². The van der Waals surface area contributed by atoms with E-state index in [1.165, 1.54) is 6.42 Å². The molecule has 2 fully saturated rings. The first-order valence-corrected chi connectivity index (χ1v) is 9.61. The van der Waals surface area contributed by atoms with E-state index in [4.69, 9.17) is 0 Å². The summed E-state index contributed by atoms with van der Waals surface area (Å²) in [5.74, 6) is 0.925. The minimum Gasteiger partial charge on any atom is -0.313 e. The lowest BCUT2D eigenvalue weighted by atomic mass is 9.76. The summed E-state index contributed by atoms with van der Waals surface area (Å²) in [5.41, 5.74) is 0.292. The summed E-state index contributed by atoms with van der Waals surface area (Å²) in [6.07, 6.45) is 5.33. The van der Waals surface area contributed by atoms with Crippen molar-refractivity contribution in [2.45, 2.75) is 58.9 Å². The van der Waals surface area contributed by atoms with Gasteiger partial charge >= 0.3 is 0 Å². The molecule has 4 nitrogen and oxygen atoms in total. The molecule has 1 atom stereocenters. The van der Waals surface area contributed by atoms with Crippen LogP contribution in [0, 0.1) is 11.3 Å². The third kappa shape index (κ3) is 4.18.